The van der Waals surface area contributed by atoms with Crippen molar-refractivity contribution in [3.63, 3.8) is 0 Å². The molecule has 10 rings (SSSR count). The van der Waals surface area contributed by atoms with Gasteiger partial charge in [-0.05, 0) is 107 Å². The third-order valence-corrected chi connectivity index (χ3v) is 11.3. The Balaban J connectivity index is 0.000000170. The normalized spacial score (nSPS) is 11.2. The molecule has 10 aromatic rings. The van der Waals surface area contributed by atoms with Crippen molar-refractivity contribution >= 4 is 56.3 Å². The lowest BCUT2D eigenvalue weighted by Crippen LogP contribution is -2.33. The molecule has 0 saturated carbocycles. The zero-order valence-corrected chi connectivity index (χ0v) is 40.4. The van der Waals surface area contributed by atoms with Crippen molar-refractivity contribution in [1.82, 2.24) is 79.9 Å². The summed E-state index contributed by atoms with van der Waals surface area (Å²) in [6.45, 7) is 4.70. The number of aromatic nitrogens is 12. The average molecular weight is 951 g/mol. The summed E-state index contributed by atoms with van der Waals surface area (Å²) < 4.78 is 3.45. The van der Waals surface area contributed by atoms with Gasteiger partial charge in [-0.25, -0.2) is 34.1 Å². The lowest BCUT2D eigenvalue weighted by molar-refractivity contribution is 0.0696. The van der Waals surface area contributed by atoms with E-state index in [1.165, 1.54) is 0 Å². The fourth-order valence-electron chi connectivity index (χ4n) is 7.37. The standard InChI is InChI=1S/C26H26N8O.C21H14N6O2.C5H14N2/c1-32(2)13-14-33(3)26(35)20-9-7-19(8-10-20)23-16-28-24-25(29-23)34(31-30-24)17-18-6-11-22-21(15-18)5-4-12-27-22;28-21(29)15-6-4-14(5-7-15)18-11-23-19-20(24-18)27(26-25-19)12-13-3-8-17-16(10-13)2-1-9-22-17;1-6-4-5-7(2)3/h4-12,15-16H,13-14,17H2,1-3H3;1-11H,12H2,(H,28,29);6H,4-5H2,1-3H3. The van der Waals surface area contributed by atoms with Gasteiger partial charge in [0.2, 0.25) is 11.3 Å². The Morgan fingerprint density at radius 2 is 1.06 bits per heavy atom. The van der Waals surface area contributed by atoms with E-state index in [2.05, 4.69) is 86.9 Å². The summed E-state index contributed by atoms with van der Waals surface area (Å²) in [4.78, 5) is 56.6. The third-order valence-electron chi connectivity index (χ3n) is 11.3. The number of rotatable bonds is 14. The molecule has 19 heteroatoms. The summed E-state index contributed by atoms with van der Waals surface area (Å²) in [5.41, 5.74) is 9.97. The molecule has 0 aliphatic carbocycles. The minimum Gasteiger partial charge on any atom is -0.478 e. The number of carbonyl (C=O) groups is 2. The Labute approximate surface area is 409 Å². The summed E-state index contributed by atoms with van der Waals surface area (Å²) in [7, 11) is 11.9. The highest BCUT2D eigenvalue weighted by Gasteiger charge is 2.15. The maximum Gasteiger partial charge on any atom is 0.335 e. The van der Waals surface area contributed by atoms with Gasteiger partial charge in [0.05, 0.1) is 53.5 Å². The minimum absolute atomic E-state index is 0.00667. The first kappa shape index (κ1) is 48.9. The number of nitrogens with zero attached hydrogens (tertiary/aromatic N) is 15. The van der Waals surface area contributed by atoms with E-state index < -0.39 is 5.97 Å². The van der Waals surface area contributed by atoms with Crippen LogP contribution in [0.4, 0.5) is 0 Å². The van der Waals surface area contributed by atoms with E-state index in [4.69, 9.17) is 10.1 Å². The van der Waals surface area contributed by atoms with Crippen LogP contribution in [0, 0.1) is 0 Å². The van der Waals surface area contributed by atoms with Crippen LogP contribution in [-0.4, -0.2) is 160 Å². The molecule has 0 radical (unpaired) electrons. The van der Waals surface area contributed by atoms with E-state index in [9.17, 15) is 9.59 Å². The minimum atomic E-state index is -0.967. The Morgan fingerprint density at radius 3 is 1.49 bits per heavy atom. The van der Waals surface area contributed by atoms with Crippen LogP contribution in [0.1, 0.15) is 31.8 Å². The van der Waals surface area contributed by atoms with Crippen molar-refractivity contribution in [3.8, 4) is 22.5 Å². The molecule has 71 heavy (non-hydrogen) atoms. The SMILES string of the molecule is CN(C)CCN(C)C(=O)c1ccc(-c2cnc3nnn(Cc4ccc5ncccc5c4)c3n2)cc1.CNCCN(C)C.O=C(O)c1ccc(-c2cnc3nnn(Cc4ccc5ncccc5c4)c3n2)cc1. The van der Waals surface area contributed by atoms with Gasteiger partial charge in [-0.2, -0.15) is 0 Å². The Kier molecular flexibility index (Phi) is 15.7. The van der Waals surface area contributed by atoms with Gasteiger partial charge in [0.25, 0.3) is 5.91 Å². The molecule has 0 unspecified atom stereocenters. The van der Waals surface area contributed by atoms with Crippen LogP contribution in [0.25, 0.3) is 66.9 Å². The molecule has 4 aromatic carbocycles. The largest absolute Gasteiger partial charge is 0.478 e. The van der Waals surface area contributed by atoms with Crippen LogP contribution in [0.5, 0.6) is 0 Å². The fraction of sp³-hybridized carbons (Fsp3) is 0.231. The predicted molar refractivity (Wildman–Crippen MR) is 274 cm³/mol. The summed E-state index contributed by atoms with van der Waals surface area (Å²) in [5.74, 6) is -0.973. The van der Waals surface area contributed by atoms with Gasteiger partial charge < -0.3 is 25.1 Å². The first-order valence-corrected chi connectivity index (χ1v) is 22.9. The first-order chi connectivity index (χ1) is 34.4. The van der Waals surface area contributed by atoms with Crippen molar-refractivity contribution in [2.24, 2.45) is 0 Å². The molecule has 0 atom stereocenters. The van der Waals surface area contributed by atoms with Crippen molar-refractivity contribution in [1.29, 1.82) is 0 Å². The number of fused-ring (bicyclic) bond motifs is 4. The molecule has 0 saturated heterocycles. The van der Waals surface area contributed by atoms with Crippen molar-refractivity contribution in [2.45, 2.75) is 13.1 Å². The number of hydrogen-bond acceptors (Lipinski definition) is 15. The van der Waals surface area contributed by atoms with Gasteiger partial charge in [-0.15, -0.1) is 10.2 Å². The van der Waals surface area contributed by atoms with Crippen molar-refractivity contribution < 1.29 is 14.7 Å². The van der Waals surface area contributed by atoms with Crippen LogP contribution >= 0.6 is 0 Å². The van der Waals surface area contributed by atoms with E-state index in [-0.39, 0.29) is 11.5 Å². The molecule has 0 fully saturated rings. The highest BCUT2D eigenvalue weighted by Crippen LogP contribution is 2.23. The Morgan fingerprint density at radius 1 is 0.577 bits per heavy atom. The first-order valence-electron chi connectivity index (χ1n) is 22.9. The van der Waals surface area contributed by atoms with E-state index in [0.717, 1.165) is 63.7 Å². The van der Waals surface area contributed by atoms with Crippen molar-refractivity contribution in [3.05, 3.63) is 156 Å². The molecule has 6 heterocycles. The number of likely N-dealkylation sites (N-methyl/N-ethyl adjacent to an activating group) is 4. The number of hydrogen-bond donors (Lipinski definition) is 2. The number of benzene rings is 4. The van der Waals surface area contributed by atoms with Gasteiger partial charge in [-0.3, -0.25) is 14.8 Å². The molecule has 1 amide bonds. The second-order valence-electron chi connectivity index (χ2n) is 17.3. The third kappa shape index (κ3) is 12.4. The second-order valence-corrected chi connectivity index (χ2v) is 17.3. The number of carboxylic acids is 1. The van der Waals surface area contributed by atoms with E-state index in [1.54, 1.807) is 63.3 Å². The van der Waals surface area contributed by atoms with Crippen molar-refractivity contribution in [2.75, 3.05) is 68.5 Å². The summed E-state index contributed by atoms with van der Waals surface area (Å²) in [5, 5.41) is 31.0. The molecule has 0 aliphatic heterocycles. The zero-order chi connectivity index (χ0) is 49.9. The van der Waals surface area contributed by atoms with Crippen LogP contribution in [0.3, 0.4) is 0 Å². The number of amides is 1. The molecule has 0 aliphatic rings. The Bertz CT molecular complexity index is 3410. The maximum atomic E-state index is 12.7. The van der Waals surface area contributed by atoms with Crippen LogP contribution in [0.2, 0.25) is 0 Å². The maximum absolute atomic E-state index is 12.7. The summed E-state index contributed by atoms with van der Waals surface area (Å²) in [6, 6.07) is 34.0. The van der Waals surface area contributed by atoms with Gasteiger partial charge in [-0.1, -0.05) is 59.0 Å². The van der Waals surface area contributed by atoms with Gasteiger partial charge >= 0.3 is 5.97 Å². The molecule has 6 aromatic heterocycles. The van der Waals surface area contributed by atoms with E-state index in [1.807, 2.05) is 101 Å². The molecule has 360 valence electrons. The zero-order valence-electron chi connectivity index (χ0n) is 40.4. The van der Waals surface area contributed by atoms with E-state index in [0.29, 0.717) is 59.2 Å². The number of carboxylic acid groups (broad SMARTS) is 1. The molecular formula is C52H54N16O3. The van der Waals surface area contributed by atoms with Crippen LogP contribution in [-0.2, 0) is 13.1 Å². The lowest BCUT2D eigenvalue weighted by Gasteiger charge is -2.19. The van der Waals surface area contributed by atoms with E-state index >= 15 is 0 Å². The quantitative estimate of drug-likeness (QED) is 0.127. The number of aromatic carboxylic acids is 1. The summed E-state index contributed by atoms with van der Waals surface area (Å²) >= 11 is 0. The molecular weight excluding hydrogens is 897 g/mol. The molecule has 2 N–H and O–H groups in total. The van der Waals surface area contributed by atoms with Gasteiger partial charge in [0.15, 0.2) is 11.3 Å². The highest BCUT2D eigenvalue weighted by molar-refractivity contribution is 5.94. The highest BCUT2D eigenvalue weighted by atomic mass is 16.4. The predicted octanol–water partition coefficient (Wildman–Crippen LogP) is 6.07. The molecule has 0 bridgehead atoms. The smallest absolute Gasteiger partial charge is 0.335 e. The monoisotopic (exact) mass is 950 g/mol. The second kappa shape index (κ2) is 22.7. The number of nitrogens with one attached hydrogen (secondary N) is 1. The van der Waals surface area contributed by atoms with Gasteiger partial charge in [0, 0.05) is 73.1 Å². The number of pyridine rings is 2. The van der Waals surface area contributed by atoms with Crippen LogP contribution < -0.4 is 5.32 Å². The number of carbonyl (C=O) groups excluding carboxylic acids is 1. The Hall–Kier alpha value is -8.52. The van der Waals surface area contributed by atoms with Gasteiger partial charge in [0.1, 0.15) is 0 Å². The average Bonchev–Trinajstić information content (AvgIpc) is 3.99. The lowest BCUT2D eigenvalue weighted by atomic mass is 10.1. The van der Waals surface area contributed by atoms with Crippen LogP contribution in [0.15, 0.2) is 134 Å². The molecule has 0 spiro atoms. The topological polar surface area (TPSA) is 215 Å². The summed E-state index contributed by atoms with van der Waals surface area (Å²) in [6.07, 6.45) is 6.85. The fourth-order valence-corrected chi connectivity index (χ4v) is 7.37. The molecule has 19 nitrogen and oxygen atoms in total.